The summed E-state index contributed by atoms with van der Waals surface area (Å²) < 4.78 is 0. The zero-order valence-electron chi connectivity index (χ0n) is 10.8. The number of thiophene rings is 1. The molecular formula is C15H16BrClS. The lowest BCUT2D eigenvalue weighted by molar-refractivity contribution is 0.964. The van der Waals surface area contributed by atoms with Crippen LogP contribution >= 0.6 is 38.9 Å². The van der Waals surface area contributed by atoms with Gasteiger partial charge in [0, 0.05) is 4.88 Å². The summed E-state index contributed by atoms with van der Waals surface area (Å²) in [6, 6.07) is 6.65. The van der Waals surface area contributed by atoms with E-state index in [2.05, 4.69) is 60.3 Å². The molecule has 0 bridgehead atoms. The fourth-order valence-electron chi connectivity index (χ4n) is 1.89. The van der Waals surface area contributed by atoms with Crippen molar-refractivity contribution in [2.75, 3.05) is 0 Å². The number of benzene rings is 1. The highest BCUT2D eigenvalue weighted by molar-refractivity contribution is 9.09. The Morgan fingerprint density at radius 1 is 1.17 bits per heavy atom. The first-order valence-corrected chi connectivity index (χ1v) is 8.10. The molecule has 0 nitrogen and oxygen atoms in total. The molecule has 2 aromatic rings. The first-order chi connectivity index (χ1) is 8.49. The van der Waals surface area contributed by atoms with Crippen molar-refractivity contribution in [2.45, 2.75) is 32.0 Å². The summed E-state index contributed by atoms with van der Waals surface area (Å²) in [6.07, 6.45) is 0.973. The summed E-state index contributed by atoms with van der Waals surface area (Å²) in [5, 5.41) is 3.03. The molecule has 1 heterocycles. The number of rotatable bonds is 3. The van der Waals surface area contributed by atoms with Gasteiger partial charge < -0.3 is 0 Å². The van der Waals surface area contributed by atoms with Crippen LogP contribution in [0.25, 0.3) is 0 Å². The molecule has 1 unspecified atom stereocenters. The van der Waals surface area contributed by atoms with Gasteiger partial charge in [-0.2, -0.15) is 0 Å². The summed E-state index contributed by atoms with van der Waals surface area (Å²) in [4.78, 5) is 1.53. The third-order valence-electron chi connectivity index (χ3n) is 3.20. The van der Waals surface area contributed by atoms with Crippen LogP contribution in [-0.4, -0.2) is 0 Å². The molecule has 1 aromatic carbocycles. The molecule has 2 rings (SSSR count). The molecule has 1 atom stereocenters. The molecular weight excluding hydrogens is 328 g/mol. The van der Waals surface area contributed by atoms with E-state index >= 15 is 0 Å². The molecule has 0 saturated heterocycles. The summed E-state index contributed by atoms with van der Waals surface area (Å²) in [5.41, 5.74) is 5.21. The van der Waals surface area contributed by atoms with E-state index in [1.165, 1.54) is 27.1 Å². The Morgan fingerprint density at radius 2 is 1.89 bits per heavy atom. The highest BCUT2D eigenvalue weighted by Crippen LogP contribution is 2.38. The SMILES string of the molecule is Cc1ccc(CC(Br)c2scc(C)c2Cl)cc1C. The lowest BCUT2D eigenvalue weighted by Crippen LogP contribution is -1.95. The van der Waals surface area contributed by atoms with Crippen molar-refractivity contribution < 1.29 is 0 Å². The smallest absolute Gasteiger partial charge is 0.0585 e. The van der Waals surface area contributed by atoms with E-state index in [4.69, 9.17) is 11.6 Å². The molecule has 3 heteroatoms. The molecule has 0 N–H and O–H groups in total. The van der Waals surface area contributed by atoms with Crippen molar-refractivity contribution in [3.05, 3.63) is 55.7 Å². The Bertz CT molecular complexity index is 560. The van der Waals surface area contributed by atoms with Gasteiger partial charge >= 0.3 is 0 Å². The minimum absolute atomic E-state index is 0.297. The molecule has 18 heavy (non-hydrogen) atoms. The van der Waals surface area contributed by atoms with Crippen LogP contribution < -0.4 is 0 Å². The quantitative estimate of drug-likeness (QED) is 0.599. The van der Waals surface area contributed by atoms with Gasteiger partial charge in [0.15, 0.2) is 0 Å². The van der Waals surface area contributed by atoms with Crippen LogP contribution in [0.3, 0.4) is 0 Å². The van der Waals surface area contributed by atoms with Crippen LogP contribution in [0.15, 0.2) is 23.6 Å². The Kier molecular flexibility index (Phi) is 4.52. The Labute approximate surface area is 126 Å². The molecule has 0 saturated carbocycles. The third kappa shape index (κ3) is 2.98. The van der Waals surface area contributed by atoms with Crippen molar-refractivity contribution in [1.29, 1.82) is 0 Å². The maximum Gasteiger partial charge on any atom is 0.0585 e. The van der Waals surface area contributed by atoms with Crippen molar-refractivity contribution in [1.82, 2.24) is 0 Å². The zero-order chi connectivity index (χ0) is 13.3. The van der Waals surface area contributed by atoms with E-state index in [-0.39, 0.29) is 0 Å². The number of hydrogen-bond acceptors (Lipinski definition) is 1. The van der Waals surface area contributed by atoms with E-state index in [0.29, 0.717) is 4.83 Å². The highest BCUT2D eigenvalue weighted by atomic mass is 79.9. The van der Waals surface area contributed by atoms with Crippen LogP contribution in [0, 0.1) is 20.8 Å². The molecule has 0 aliphatic carbocycles. The summed E-state index contributed by atoms with van der Waals surface area (Å²) >= 11 is 11.8. The lowest BCUT2D eigenvalue weighted by Gasteiger charge is -2.10. The fraction of sp³-hybridized carbons (Fsp3) is 0.333. The largest absolute Gasteiger partial charge is 0.146 e. The number of halogens is 2. The van der Waals surface area contributed by atoms with Gasteiger partial charge in [0.05, 0.1) is 9.85 Å². The van der Waals surface area contributed by atoms with Gasteiger partial charge in [-0.1, -0.05) is 45.7 Å². The minimum Gasteiger partial charge on any atom is -0.146 e. The van der Waals surface area contributed by atoms with Gasteiger partial charge in [0.25, 0.3) is 0 Å². The number of aryl methyl sites for hydroxylation is 3. The van der Waals surface area contributed by atoms with E-state index in [0.717, 1.165) is 11.4 Å². The summed E-state index contributed by atoms with van der Waals surface area (Å²) in [7, 11) is 0. The molecule has 0 amide bonds. The van der Waals surface area contributed by atoms with Gasteiger partial charge in [-0.3, -0.25) is 0 Å². The average Bonchev–Trinajstić information content (AvgIpc) is 2.65. The standard InChI is InChI=1S/C15H16BrClS/c1-9-4-5-12(6-10(9)2)7-13(16)15-14(17)11(3)8-18-15/h4-6,8,13H,7H2,1-3H3. The van der Waals surface area contributed by atoms with Gasteiger partial charge in [-0.25, -0.2) is 0 Å². The normalized spacial score (nSPS) is 12.7. The Balaban J connectivity index is 2.18. The maximum atomic E-state index is 6.31. The average molecular weight is 344 g/mol. The second-order valence-electron chi connectivity index (χ2n) is 4.69. The molecule has 0 spiro atoms. The third-order valence-corrected chi connectivity index (χ3v) is 6.11. The van der Waals surface area contributed by atoms with Crippen LogP contribution in [0.1, 0.15) is 32.0 Å². The van der Waals surface area contributed by atoms with Crippen LogP contribution in [0.4, 0.5) is 0 Å². The van der Waals surface area contributed by atoms with Gasteiger partial charge in [-0.15, -0.1) is 11.3 Å². The number of hydrogen-bond donors (Lipinski definition) is 0. The Hall–Kier alpha value is -0.310. The van der Waals surface area contributed by atoms with Crippen LogP contribution in [0.5, 0.6) is 0 Å². The van der Waals surface area contributed by atoms with E-state index < -0.39 is 0 Å². The molecule has 0 aliphatic heterocycles. The van der Waals surface area contributed by atoms with Crippen LogP contribution in [-0.2, 0) is 6.42 Å². The van der Waals surface area contributed by atoms with Crippen LogP contribution in [0.2, 0.25) is 5.02 Å². The first-order valence-electron chi connectivity index (χ1n) is 5.92. The number of alkyl halides is 1. The maximum absolute atomic E-state index is 6.31. The van der Waals surface area contributed by atoms with Gasteiger partial charge in [-0.05, 0) is 54.8 Å². The summed E-state index contributed by atoms with van der Waals surface area (Å²) in [6.45, 7) is 6.35. The predicted molar refractivity (Wildman–Crippen MR) is 85.4 cm³/mol. The second kappa shape index (κ2) is 5.77. The monoisotopic (exact) mass is 342 g/mol. The summed E-state index contributed by atoms with van der Waals surface area (Å²) in [5.74, 6) is 0. The highest BCUT2D eigenvalue weighted by Gasteiger charge is 2.15. The van der Waals surface area contributed by atoms with Crippen molar-refractivity contribution in [2.24, 2.45) is 0 Å². The molecule has 0 radical (unpaired) electrons. The molecule has 96 valence electrons. The Morgan fingerprint density at radius 3 is 2.44 bits per heavy atom. The van der Waals surface area contributed by atoms with E-state index in [1.807, 2.05) is 0 Å². The fourth-order valence-corrected chi connectivity index (χ4v) is 4.25. The zero-order valence-corrected chi connectivity index (χ0v) is 13.9. The van der Waals surface area contributed by atoms with Crippen molar-refractivity contribution >= 4 is 38.9 Å². The minimum atomic E-state index is 0.297. The van der Waals surface area contributed by atoms with Crippen molar-refractivity contribution in [3.63, 3.8) is 0 Å². The topological polar surface area (TPSA) is 0 Å². The molecule has 1 aromatic heterocycles. The van der Waals surface area contributed by atoms with Gasteiger partial charge in [0.2, 0.25) is 0 Å². The first kappa shape index (κ1) is 14.1. The van der Waals surface area contributed by atoms with Gasteiger partial charge in [0.1, 0.15) is 0 Å². The molecule has 0 fully saturated rings. The lowest BCUT2D eigenvalue weighted by atomic mass is 10.0. The van der Waals surface area contributed by atoms with E-state index in [1.54, 1.807) is 11.3 Å². The molecule has 0 aliphatic rings. The van der Waals surface area contributed by atoms with E-state index in [9.17, 15) is 0 Å². The van der Waals surface area contributed by atoms with Crippen molar-refractivity contribution in [3.8, 4) is 0 Å². The predicted octanol–water partition coefficient (Wildman–Crippen LogP) is 6.01. The second-order valence-corrected chi connectivity index (χ2v) is 7.08.